The molecule has 1 aliphatic rings. The molecule has 1 amide bonds. The van der Waals surface area contributed by atoms with Crippen molar-refractivity contribution in [1.29, 1.82) is 0 Å². The van der Waals surface area contributed by atoms with E-state index in [-0.39, 0.29) is 27.7 Å². The number of nitrogens with zero attached hydrogens (tertiary/aromatic N) is 1. The van der Waals surface area contributed by atoms with Gasteiger partial charge in [0, 0.05) is 16.6 Å². The molecule has 0 bridgehead atoms. The van der Waals surface area contributed by atoms with E-state index < -0.39 is 17.7 Å². The first-order valence-electron chi connectivity index (χ1n) is 10.1. The van der Waals surface area contributed by atoms with Gasteiger partial charge in [-0.1, -0.05) is 23.7 Å². The number of aliphatic hydroxyl groups is 1. The highest BCUT2D eigenvalue weighted by molar-refractivity contribution is 7.10. The highest BCUT2D eigenvalue weighted by Gasteiger charge is 2.48. The van der Waals surface area contributed by atoms with Gasteiger partial charge in [0.1, 0.15) is 23.3 Å². The first-order valence-corrected chi connectivity index (χ1v) is 11.4. The summed E-state index contributed by atoms with van der Waals surface area (Å²) in [5, 5.41) is 13.5. The number of ether oxygens (including phenoxy) is 2. The molecule has 8 heteroatoms. The summed E-state index contributed by atoms with van der Waals surface area (Å²) < 4.78 is 10.7. The van der Waals surface area contributed by atoms with E-state index in [1.165, 1.54) is 42.6 Å². The monoisotopic (exact) mass is 483 g/mol. The second-order valence-electron chi connectivity index (χ2n) is 7.66. The van der Waals surface area contributed by atoms with Gasteiger partial charge in [-0.2, -0.15) is 0 Å². The van der Waals surface area contributed by atoms with Crippen LogP contribution in [0.4, 0.5) is 5.69 Å². The van der Waals surface area contributed by atoms with Gasteiger partial charge >= 0.3 is 0 Å². The van der Waals surface area contributed by atoms with E-state index in [2.05, 4.69) is 0 Å². The Kier molecular flexibility index (Phi) is 6.19. The summed E-state index contributed by atoms with van der Waals surface area (Å²) in [5.74, 6) is -1.23. The number of carbonyl (C=O) groups excluding carboxylic acids is 2. The van der Waals surface area contributed by atoms with E-state index in [9.17, 15) is 14.7 Å². The fraction of sp³-hybridized carbons (Fsp3) is 0.200. The van der Waals surface area contributed by atoms with E-state index in [0.717, 1.165) is 16.0 Å². The zero-order chi connectivity index (χ0) is 23.9. The SMILES string of the molecule is COc1cc(OC)c(/C(O)=C2\C(=O)C(=O)N(c3cccc(C)c3)C2c2sccc2C)cc1Cl. The lowest BCUT2D eigenvalue weighted by molar-refractivity contribution is -0.132. The number of carbonyl (C=O) groups is 2. The zero-order valence-electron chi connectivity index (χ0n) is 18.5. The number of methoxy groups -OCH3 is 2. The third-order valence-electron chi connectivity index (χ3n) is 5.60. The first-order chi connectivity index (χ1) is 15.8. The summed E-state index contributed by atoms with van der Waals surface area (Å²) in [5.41, 5.74) is 2.61. The van der Waals surface area contributed by atoms with Crippen LogP contribution < -0.4 is 14.4 Å². The molecule has 1 aromatic heterocycles. The Hall–Kier alpha value is -3.29. The van der Waals surface area contributed by atoms with Crippen LogP contribution in [0.1, 0.15) is 27.6 Å². The number of Topliss-reactive ketones (excluding diaryl/α,β-unsaturated/α-hetero) is 1. The number of halogens is 1. The summed E-state index contributed by atoms with van der Waals surface area (Å²) >= 11 is 7.72. The Bertz CT molecular complexity index is 1300. The van der Waals surface area contributed by atoms with Crippen LogP contribution in [0.15, 0.2) is 53.4 Å². The molecular weight excluding hydrogens is 462 g/mol. The molecule has 2 aromatic carbocycles. The van der Waals surface area contributed by atoms with Gasteiger partial charge in [-0.3, -0.25) is 14.5 Å². The van der Waals surface area contributed by atoms with Gasteiger partial charge in [-0.15, -0.1) is 11.3 Å². The third kappa shape index (κ3) is 3.87. The van der Waals surface area contributed by atoms with Crippen molar-refractivity contribution in [1.82, 2.24) is 0 Å². The van der Waals surface area contributed by atoms with Crippen LogP contribution in [0, 0.1) is 13.8 Å². The van der Waals surface area contributed by atoms with Gasteiger partial charge in [-0.05, 0) is 54.6 Å². The molecule has 1 unspecified atom stereocenters. The number of thiophene rings is 1. The average molecular weight is 484 g/mol. The van der Waals surface area contributed by atoms with Crippen molar-refractivity contribution in [2.24, 2.45) is 0 Å². The molecule has 3 aromatic rings. The minimum Gasteiger partial charge on any atom is -0.507 e. The molecule has 4 rings (SSSR count). The Morgan fingerprint density at radius 1 is 1.06 bits per heavy atom. The second-order valence-corrected chi connectivity index (χ2v) is 9.02. The van der Waals surface area contributed by atoms with E-state index in [1.54, 1.807) is 6.07 Å². The molecule has 1 saturated heterocycles. The summed E-state index contributed by atoms with van der Waals surface area (Å²) in [4.78, 5) is 28.8. The van der Waals surface area contributed by atoms with E-state index in [0.29, 0.717) is 11.4 Å². The maximum absolute atomic E-state index is 13.3. The number of hydrogen-bond acceptors (Lipinski definition) is 6. The molecule has 0 aliphatic carbocycles. The number of aryl methyl sites for hydroxylation is 2. The highest BCUT2D eigenvalue weighted by atomic mass is 35.5. The molecular formula is C25H22ClNO5S. The molecule has 1 aliphatic heterocycles. The van der Waals surface area contributed by atoms with Crippen molar-refractivity contribution in [3.05, 3.63) is 80.0 Å². The van der Waals surface area contributed by atoms with Crippen molar-refractivity contribution < 1.29 is 24.2 Å². The molecule has 0 radical (unpaired) electrons. The largest absolute Gasteiger partial charge is 0.507 e. The van der Waals surface area contributed by atoms with Crippen LogP contribution in [0.2, 0.25) is 5.02 Å². The normalized spacial score (nSPS) is 17.5. The van der Waals surface area contributed by atoms with Gasteiger partial charge in [0.2, 0.25) is 0 Å². The first kappa shape index (κ1) is 22.9. The zero-order valence-corrected chi connectivity index (χ0v) is 20.1. The molecule has 2 heterocycles. The lowest BCUT2D eigenvalue weighted by atomic mass is 9.97. The average Bonchev–Trinajstić information content (AvgIpc) is 3.33. The minimum atomic E-state index is -0.794. The number of aliphatic hydroxyl groups excluding tert-OH is 1. The van der Waals surface area contributed by atoms with Crippen molar-refractivity contribution in [3.63, 3.8) is 0 Å². The standard InChI is InChI=1S/C25H22ClNO5S/c1-13-6-5-7-15(10-13)27-21(24-14(2)8-9-33-24)20(23(29)25(27)30)22(28)16-11-17(26)19(32-4)12-18(16)31-3/h5-12,21,28H,1-4H3/b22-20+. The molecule has 1 N–H and O–H groups in total. The van der Waals surface area contributed by atoms with Gasteiger partial charge in [-0.25, -0.2) is 0 Å². The van der Waals surface area contributed by atoms with Crippen LogP contribution >= 0.6 is 22.9 Å². The van der Waals surface area contributed by atoms with Crippen LogP contribution in [-0.2, 0) is 9.59 Å². The molecule has 0 spiro atoms. The van der Waals surface area contributed by atoms with Crippen molar-refractivity contribution in [3.8, 4) is 11.5 Å². The van der Waals surface area contributed by atoms with Crippen molar-refractivity contribution in [2.75, 3.05) is 19.1 Å². The molecule has 1 atom stereocenters. The number of rotatable bonds is 5. The van der Waals surface area contributed by atoms with Crippen LogP contribution in [0.25, 0.3) is 5.76 Å². The van der Waals surface area contributed by atoms with Crippen molar-refractivity contribution >= 4 is 46.1 Å². The lowest BCUT2D eigenvalue weighted by Gasteiger charge is -2.25. The predicted octanol–water partition coefficient (Wildman–Crippen LogP) is 5.66. The van der Waals surface area contributed by atoms with Gasteiger partial charge < -0.3 is 14.6 Å². The number of anilines is 1. The smallest absolute Gasteiger partial charge is 0.300 e. The Morgan fingerprint density at radius 3 is 2.39 bits per heavy atom. The fourth-order valence-electron chi connectivity index (χ4n) is 3.98. The summed E-state index contributed by atoms with van der Waals surface area (Å²) in [6.45, 7) is 3.82. The maximum atomic E-state index is 13.3. The topological polar surface area (TPSA) is 76.1 Å². The van der Waals surface area contributed by atoms with Gasteiger partial charge in [0.15, 0.2) is 0 Å². The Labute approximate surface area is 200 Å². The Balaban J connectivity index is 1.99. The molecule has 6 nitrogen and oxygen atoms in total. The van der Waals surface area contributed by atoms with E-state index >= 15 is 0 Å². The molecule has 1 fully saturated rings. The number of ketones is 1. The van der Waals surface area contributed by atoms with Gasteiger partial charge in [0.05, 0.1) is 30.4 Å². The van der Waals surface area contributed by atoms with Gasteiger partial charge in [0.25, 0.3) is 11.7 Å². The van der Waals surface area contributed by atoms with Crippen molar-refractivity contribution in [2.45, 2.75) is 19.9 Å². The van der Waals surface area contributed by atoms with Crippen LogP contribution in [-0.4, -0.2) is 31.0 Å². The molecule has 170 valence electrons. The number of benzene rings is 2. The summed E-state index contributed by atoms with van der Waals surface area (Å²) in [6, 6.07) is 11.5. The van der Waals surface area contributed by atoms with E-state index in [1.807, 2.05) is 43.5 Å². The lowest BCUT2D eigenvalue weighted by Crippen LogP contribution is -2.29. The molecule has 0 saturated carbocycles. The van der Waals surface area contributed by atoms with Crippen LogP contribution in [0.3, 0.4) is 0 Å². The summed E-state index contributed by atoms with van der Waals surface area (Å²) in [7, 11) is 2.90. The fourth-order valence-corrected chi connectivity index (χ4v) is 5.25. The Morgan fingerprint density at radius 2 is 1.79 bits per heavy atom. The second kappa shape index (κ2) is 8.92. The highest BCUT2D eigenvalue weighted by Crippen LogP contribution is 2.46. The predicted molar refractivity (Wildman–Crippen MR) is 130 cm³/mol. The van der Waals surface area contributed by atoms with E-state index in [4.69, 9.17) is 21.1 Å². The summed E-state index contributed by atoms with van der Waals surface area (Å²) in [6.07, 6.45) is 0. The van der Waals surface area contributed by atoms with Crippen LogP contribution in [0.5, 0.6) is 11.5 Å². The minimum absolute atomic E-state index is 0.0217. The third-order valence-corrected chi connectivity index (χ3v) is 6.97. The quantitative estimate of drug-likeness (QED) is 0.288. The molecule has 33 heavy (non-hydrogen) atoms. The maximum Gasteiger partial charge on any atom is 0.300 e. The number of hydrogen-bond donors (Lipinski definition) is 1. The number of amides is 1.